The van der Waals surface area contributed by atoms with Gasteiger partial charge in [-0.1, -0.05) is 35.5 Å². The number of thioether (sulfide) groups is 1. The Morgan fingerprint density at radius 3 is 2.93 bits per heavy atom. The molecule has 0 aliphatic rings. The van der Waals surface area contributed by atoms with Crippen molar-refractivity contribution in [2.75, 3.05) is 11.1 Å². The molecule has 1 aromatic carbocycles. The number of fused-ring (bicyclic) bond motifs is 1. The minimum atomic E-state index is -0.210. The number of hydrogen-bond donors (Lipinski definition) is 1. The minimum absolute atomic E-state index is 0.114. The highest BCUT2D eigenvalue weighted by Gasteiger charge is 2.15. The van der Waals surface area contributed by atoms with Crippen molar-refractivity contribution >= 4 is 56.5 Å². The molecule has 0 fully saturated rings. The van der Waals surface area contributed by atoms with Gasteiger partial charge in [0.15, 0.2) is 5.16 Å². The molecule has 0 radical (unpaired) electrons. The van der Waals surface area contributed by atoms with E-state index in [1.165, 1.54) is 27.7 Å². The topological polar surface area (TPSA) is 64.0 Å². The lowest BCUT2D eigenvalue weighted by Gasteiger charge is -2.12. The van der Waals surface area contributed by atoms with Gasteiger partial charge in [0.25, 0.3) is 5.56 Å². The van der Waals surface area contributed by atoms with Crippen molar-refractivity contribution in [2.24, 2.45) is 0 Å². The molecule has 0 saturated heterocycles. The van der Waals surface area contributed by atoms with E-state index in [1.807, 2.05) is 31.4 Å². The second-order valence-electron chi connectivity index (χ2n) is 6.01. The smallest absolute Gasteiger partial charge is 0.272 e. The third kappa shape index (κ3) is 4.26. The van der Waals surface area contributed by atoms with Crippen LogP contribution in [0.3, 0.4) is 0 Å². The van der Waals surface area contributed by atoms with Gasteiger partial charge in [-0.15, -0.1) is 17.9 Å². The summed E-state index contributed by atoms with van der Waals surface area (Å²) in [4.78, 5) is 29.6. The van der Waals surface area contributed by atoms with Gasteiger partial charge in [0.1, 0.15) is 4.70 Å². The maximum absolute atomic E-state index is 12.6. The van der Waals surface area contributed by atoms with Crippen LogP contribution in [-0.4, -0.2) is 21.2 Å². The molecule has 27 heavy (non-hydrogen) atoms. The number of rotatable bonds is 6. The molecule has 2 aromatic heterocycles. The number of amides is 1. The van der Waals surface area contributed by atoms with Crippen LogP contribution in [-0.2, 0) is 11.3 Å². The minimum Gasteiger partial charge on any atom is -0.324 e. The Kier molecular flexibility index (Phi) is 6.04. The number of nitrogens with zero attached hydrogens (tertiary/aromatic N) is 2. The van der Waals surface area contributed by atoms with E-state index < -0.39 is 0 Å². The highest BCUT2D eigenvalue weighted by molar-refractivity contribution is 7.99. The van der Waals surface area contributed by atoms with Crippen LogP contribution in [0.1, 0.15) is 11.1 Å². The van der Waals surface area contributed by atoms with Crippen molar-refractivity contribution < 1.29 is 4.79 Å². The Morgan fingerprint density at radius 2 is 2.22 bits per heavy atom. The Labute approximate surface area is 170 Å². The first kappa shape index (κ1) is 19.7. The zero-order valence-electron chi connectivity index (χ0n) is 14.9. The molecular formula is C19H18ClN3O2S2. The van der Waals surface area contributed by atoms with E-state index in [0.29, 0.717) is 32.6 Å². The lowest BCUT2D eigenvalue weighted by molar-refractivity contribution is -0.113. The van der Waals surface area contributed by atoms with Gasteiger partial charge in [-0.2, -0.15) is 0 Å². The van der Waals surface area contributed by atoms with Crippen molar-refractivity contribution in [3.8, 4) is 0 Å². The van der Waals surface area contributed by atoms with Gasteiger partial charge < -0.3 is 5.32 Å². The highest BCUT2D eigenvalue weighted by atomic mass is 35.5. The van der Waals surface area contributed by atoms with Crippen LogP contribution in [0.2, 0.25) is 5.02 Å². The molecule has 140 valence electrons. The molecular weight excluding hydrogens is 402 g/mol. The predicted molar refractivity (Wildman–Crippen MR) is 114 cm³/mol. The normalized spacial score (nSPS) is 10.9. The van der Waals surface area contributed by atoms with E-state index in [9.17, 15) is 9.59 Å². The monoisotopic (exact) mass is 419 g/mol. The van der Waals surface area contributed by atoms with Crippen molar-refractivity contribution in [3.05, 3.63) is 62.7 Å². The third-order valence-corrected chi connectivity index (χ3v) is 6.04. The maximum Gasteiger partial charge on any atom is 0.272 e. The average molecular weight is 420 g/mol. The quantitative estimate of drug-likeness (QED) is 0.359. The molecule has 5 nitrogen and oxygen atoms in total. The Balaban J connectivity index is 1.80. The summed E-state index contributed by atoms with van der Waals surface area (Å²) >= 11 is 8.82. The third-order valence-electron chi connectivity index (χ3n) is 3.87. The van der Waals surface area contributed by atoms with E-state index in [-0.39, 0.29) is 17.2 Å². The van der Waals surface area contributed by atoms with Crippen LogP contribution in [0.25, 0.3) is 10.2 Å². The van der Waals surface area contributed by atoms with Crippen LogP contribution in [0.5, 0.6) is 0 Å². The summed E-state index contributed by atoms with van der Waals surface area (Å²) < 4.78 is 2.14. The first-order chi connectivity index (χ1) is 12.9. The SMILES string of the molecule is C=CCn1c(SCC(=O)Nc2c(C)cc(C)cc2Cl)nc2ccsc2c1=O. The largest absolute Gasteiger partial charge is 0.324 e. The lowest BCUT2D eigenvalue weighted by Crippen LogP contribution is -2.23. The fourth-order valence-electron chi connectivity index (χ4n) is 2.70. The summed E-state index contributed by atoms with van der Waals surface area (Å²) in [7, 11) is 0. The molecule has 0 aliphatic carbocycles. The highest BCUT2D eigenvalue weighted by Crippen LogP contribution is 2.28. The Hall–Kier alpha value is -2.09. The molecule has 0 atom stereocenters. The second kappa shape index (κ2) is 8.29. The van der Waals surface area contributed by atoms with Gasteiger partial charge in [0, 0.05) is 6.54 Å². The van der Waals surface area contributed by atoms with Gasteiger partial charge in [-0.05, 0) is 42.5 Å². The van der Waals surface area contributed by atoms with Gasteiger partial charge in [-0.3, -0.25) is 14.2 Å². The predicted octanol–water partition coefficient (Wildman–Crippen LogP) is 4.65. The van der Waals surface area contributed by atoms with E-state index >= 15 is 0 Å². The molecule has 0 bridgehead atoms. The number of halogens is 1. The first-order valence-corrected chi connectivity index (χ1v) is 10.4. The van der Waals surface area contributed by atoms with Crippen LogP contribution in [0.4, 0.5) is 5.69 Å². The summed E-state index contributed by atoms with van der Waals surface area (Å²) in [5, 5.41) is 5.68. The fourth-order valence-corrected chi connectivity index (χ4v) is 4.66. The summed E-state index contributed by atoms with van der Waals surface area (Å²) in [6.07, 6.45) is 1.64. The second-order valence-corrected chi connectivity index (χ2v) is 8.28. The molecule has 8 heteroatoms. The summed E-state index contributed by atoms with van der Waals surface area (Å²) in [5.74, 6) is -0.0956. The van der Waals surface area contributed by atoms with E-state index in [0.717, 1.165) is 11.1 Å². The average Bonchev–Trinajstić information content (AvgIpc) is 3.08. The number of aromatic nitrogens is 2. The van der Waals surface area contributed by atoms with E-state index in [1.54, 1.807) is 12.1 Å². The molecule has 0 aliphatic heterocycles. The first-order valence-electron chi connectivity index (χ1n) is 8.19. The number of anilines is 1. The molecule has 0 saturated carbocycles. The summed E-state index contributed by atoms with van der Waals surface area (Å²) in [6.45, 7) is 7.88. The number of allylic oxidation sites excluding steroid dienone is 1. The van der Waals surface area contributed by atoms with Crippen molar-refractivity contribution in [1.82, 2.24) is 9.55 Å². The molecule has 3 aromatic rings. The van der Waals surface area contributed by atoms with E-state index in [4.69, 9.17) is 11.6 Å². The zero-order valence-corrected chi connectivity index (χ0v) is 17.3. The molecule has 2 heterocycles. The summed E-state index contributed by atoms with van der Waals surface area (Å²) in [6, 6.07) is 5.58. The number of nitrogens with one attached hydrogen (secondary N) is 1. The van der Waals surface area contributed by atoms with Crippen LogP contribution in [0.15, 0.2) is 46.2 Å². The molecule has 0 unspecified atom stereocenters. The van der Waals surface area contributed by atoms with Crippen LogP contribution in [0, 0.1) is 13.8 Å². The van der Waals surface area contributed by atoms with Crippen molar-refractivity contribution in [1.29, 1.82) is 0 Å². The van der Waals surface area contributed by atoms with Gasteiger partial charge in [-0.25, -0.2) is 4.98 Å². The number of hydrogen-bond acceptors (Lipinski definition) is 5. The van der Waals surface area contributed by atoms with Crippen LogP contribution < -0.4 is 10.9 Å². The van der Waals surface area contributed by atoms with E-state index in [2.05, 4.69) is 16.9 Å². The number of aryl methyl sites for hydroxylation is 2. The Bertz CT molecular complexity index is 1070. The lowest BCUT2D eigenvalue weighted by atomic mass is 10.1. The fraction of sp³-hybridized carbons (Fsp3) is 0.211. The molecule has 1 N–H and O–H groups in total. The molecule has 1 amide bonds. The maximum atomic E-state index is 12.6. The molecule has 3 rings (SSSR count). The van der Waals surface area contributed by atoms with Gasteiger partial charge >= 0.3 is 0 Å². The van der Waals surface area contributed by atoms with Crippen molar-refractivity contribution in [3.63, 3.8) is 0 Å². The van der Waals surface area contributed by atoms with Crippen LogP contribution >= 0.6 is 34.7 Å². The zero-order chi connectivity index (χ0) is 19.6. The number of benzene rings is 1. The standard InChI is InChI=1S/C19H18ClN3O2S2/c1-4-6-23-18(25)17-14(5-7-26-17)21-19(23)27-10-15(24)22-16-12(3)8-11(2)9-13(16)20/h4-5,7-9H,1,6,10H2,2-3H3,(H,22,24). The number of carbonyl (C=O) groups excluding carboxylic acids is 1. The summed E-state index contributed by atoms with van der Waals surface area (Å²) in [5.41, 5.74) is 3.07. The van der Waals surface area contributed by atoms with Gasteiger partial charge in [0.2, 0.25) is 5.91 Å². The number of thiophene rings is 1. The number of carbonyl (C=O) groups is 1. The van der Waals surface area contributed by atoms with Gasteiger partial charge in [0.05, 0.1) is 22.0 Å². The Morgan fingerprint density at radius 1 is 1.44 bits per heavy atom. The molecule has 0 spiro atoms. The van der Waals surface area contributed by atoms with Crippen molar-refractivity contribution in [2.45, 2.75) is 25.5 Å².